The predicted octanol–water partition coefficient (Wildman–Crippen LogP) is 2.65. The molecule has 0 fully saturated rings. The van der Waals surface area contributed by atoms with E-state index < -0.39 is 0 Å². The molecule has 0 amide bonds. The number of fused-ring (bicyclic) bond motifs is 1. The average Bonchev–Trinajstić information content (AvgIpc) is 2.38. The Bertz CT molecular complexity index is 472. The number of nitrogens with zero attached hydrogens (tertiary/aromatic N) is 4. The molecule has 2 aromatic heterocycles. The van der Waals surface area contributed by atoms with Gasteiger partial charge in [-0.25, -0.2) is 15.0 Å². The summed E-state index contributed by atoms with van der Waals surface area (Å²) in [4.78, 5) is 15.2. The monoisotopic (exact) mass is 230 g/mol. The lowest BCUT2D eigenvalue weighted by atomic mass is 10.2. The average molecular weight is 230 g/mol. The summed E-state index contributed by atoms with van der Waals surface area (Å²) in [6.07, 6.45) is 5.60. The second kappa shape index (κ2) is 5.57. The highest BCUT2D eigenvalue weighted by Crippen LogP contribution is 2.21. The van der Waals surface area contributed by atoms with Crippen LogP contribution in [-0.2, 0) is 0 Å². The van der Waals surface area contributed by atoms with Crippen LogP contribution in [0.4, 0.5) is 5.82 Å². The SMILES string of the molecule is CCCN(CCC)c1ncnc2ncccc12. The first kappa shape index (κ1) is 11.8. The van der Waals surface area contributed by atoms with Crippen molar-refractivity contribution in [2.45, 2.75) is 26.7 Å². The zero-order valence-corrected chi connectivity index (χ0v) is 10.4. The van der Waals surface area contributed by atoms with Gasteiger partial charge in [0.25, 0.3) is 0 Å². The van der Waals surface area contributed by atoms with Gasteiger partial charge in [0, 0.05) is 19.3 Å². The van der Waals surface area contributed by atoms with Crippen LogP contribution in [0.1, 0.15) is 26.7 Å². The minimum absolute atomic E-state index is 0.773. The van der Waals surface area contributed by atoms with Crippen LogP contribution in [0.3, 0.4) is 0 Å². The van der Waals surface area contributed by atoms with Crippen molar-refractivity contribution in [2.75, 3.05) is 18.0 Å². The van der Waals surface area contributed by atoms with E-state index in [1.807, 2.05) is 12.1 Å². The first-order valence-corrected chi connectivity index (χ1v) is 6.17. The third-order valence-corrected chi connectivity index (χ3v) is 2.67. The van der Waals surface area contributed by atoms with Crippen LogP contribution >= 0.6 is 0 Å². The molecule has 90 valence electrons. The maximum atomic E-state index is 4.42. The van der Waals surface area contributed by atoms with Crippen molar-refractivity contribution >= 4 is 16.9 Å². The molecule has 0 bridgehead atoms. The van der Waals surface area contributed by atoms with Gasteiger partial charge in [0.05, 0.1) is 5.39 Å². The van der Waals surface area contributed by atoms with Crippen molar-refractivity contribution in [3.63, 3.8) is 0 Å². The Morgan fingerprint density at radius 2 is 1.82 bits per heavy atom. The van der Waals surface area contributed by atoms with Crippen LogP contribution in [0.15, 0.2) is 24.7 Å². The van der Waals surface area contributed by atoms with E-state index in [4.69, 9.17) is 0 Å². The highest BCUT2D eigenvalue weighted by molar-refractivity contribution is 5.86. The standard InChI is InChI=1S/C13H18N4/c1-3-8-17(9-4-2)13-11-6-5-7-14-12(11)15-10-16-13/h5-7,10H,3-4,8-9H2,1-2H3. The molecule has 0 saturated carbocycles. The summed E-state index contributed by atoms with van der Waals surface area (Å²) in [7, 11) is 0. The Labute approximate surface area is 102 Å². The molecule has 4 nitrogen and oxygen atoms in total. The Balaban J connectivity index is 2.44. The van der Waals surface area contributed by atoms with Crippen LogP contribution in [0, 0.1) is 0 Å². The molecule has 2 heterocycles. The second-order valence-corrected chi connectivity index (χ2v) is 4.06. The van der Waals surface area contributed by atoms with Gasteiger partial charge in [-0.3, -0.25) is 0 Å². The molecule has 4 heteroatoms. The van der Waals surface area contributed by atoms with Crippen molar-refractivity contribution < 1.29 is 0 Å². The summed E-state index contributed by atoms with van der Waals surface area (Å²) in [5.41, 5.74) is 0.773. The summed E-state index contributed by atoms with van der Waals surface area (Å²) in [5.74, 6) is 1.01. The fourth-order valence-corrected chi connectivity index (χ4v) is 2.00. The lowest BCUT2D eigenvalue weighted by molar-refractivity contribution is 0.736. The van der Waals surface area contributed by atoms with E-state index in [0.717, 1.165) is 42.8 Å². The van der Waals surface area contributed by atoms with Crippen molar-refractivity contribution in [2.24, 2.45) is 0 Å². The van der Waals surface area contributed by atoms with Gasteiger partial charge < -0.3 is 4.90 Å². The third kappa shape index (κ3) is 2.52. The molecule has 0 radical (unpaired) electrons. The molecular weight excluding hydrogens is 212 g/mol. The first-order valence-electron chi connectivity index (χ1n) is 6.17. The fourth-order valence-electron chi connectivity index (χ4n) is 2.00. The Morgan fingerprint density at radius 3 is 2.53 bits per heavy atom. The third-order valence-electron chi connectivity index (χ3n) is 2.67. The molecule has 0 aliphatic heterocycles. The lowest BCUT2D eigenvalue weighted by Crippen LogP contribution is -2.26. The summed E-state index contributed by atoms with van der Waals surface area (Å²) < 4.78 is 0. The highest BCUT2D eigenvalue weighted by atomic mass is 15.2. The highest BCUT2D eigenvalue weighted by Gasteiger charge is 2.10. The Kier molecular flexibility index (Phi) is 3.85. The largest absolute Gasteiger partial charge is 0.356 e. The number of rotatable bonds is 5. The first-order chi connectivity index (χ1) is 8.36. The summed E-state index contributed by atoms with van der Waals surface area (Å²) >= 11 is 0. The maximum absolute atomic E-state index is 4.42. The molecule has 0 aliphatic carbocycles. The van der Waals surface area contributed by atoms with Gasteiger partial charge >= 0.3 is 0 Å². The van der Waals surface area contributed by atoms with E-state index >= 15 is 0 Å². The summed E-state index contributed by atoms with van der Waals surface area (Å²) in [6.45, 7) is 6.41. The van der Waals surface area contributed by atoms with Gasteiger partial charge in [-0.05, 0) is 25.0 Å². The van der Waals surface area contributed by atoms with Crippen LogP contribution in [-0.4, -0.2) is 28.0 Å². The maximum Gasteiger partial charge on any atom is 0.164 e. The Hall–Kier alpha value is -1.71. The van der Waals surface area contributed by atoms with E-state index in [1.54, 1.807) is 12.5 Å². The van der Waals surface area contributed by atoms with Crippen LogP contribution < -0.4 is 4.90 Å². The molecule has 2 aromatic rings. The van der Waals surface area contributed by atoms with E-state index in [9.17, 15) is 0 Å². The van der Waals surface area contributed by atoms with Gasteiger partial charge in [0.15, 0.2) is 5.65 Å². The van der Waals surface area contributed by atoms with Gasteiger partial charge in [-0.15, -0.1) is 0 Å². The van der Waals surface area contributed by atoms with Crippen molar-refractivity contribution in [3.8, 4) is 0 Å². The predicted molar refractivity (Wildman–Crippen MR) is 70.1 cm³/mol. The molecule has 0 atom stereocenters. The topological polar surface area (TPSA) is 41.9 Å². The number of pyridine rings is 1. The van der Waals surface area contributed by atoms with Crippen LogP contribution in [0.5, 0.6) is 0 Å². The molecule has 17 heavy (non-hydrogen) atoms. The summed E-state index contributed by atoms with van der Waals surface area (Å²) in [6, 6.07) is 3.97. The van der Waals surface area contributed by atoms with E-state index in [0.29, 0.717) is 0 Å². The van der Waals surface area contributed by atoms with Gasteiger partial charge in [-0.2, -0.15) is 0 Å². The number of aromatic nitrogens is 3. The second-order valence-electron chi connectivity index (χ2n) is 4.06. The van der Waals surface area contributed by atoms with E-state index in [2.05, 4.69) is 33.7 Å². The van der Waals surface area contributed by atoms with E-state index in [-0.39, 0.29) is 0 Å². The molecule has 0 N–H and O–H groups in total. The number of hydrogen-bond donors (Lipinski definition) is 0. The van der Waals surface area contributed by atoms with E-state index in [1.165, 1.54) is 0 Å². The zero-order valence-electron chi connectivity index (χ0n) is 10.4. The number of hydrogen-bond acceptors (Lipinski definition) is 4. The fraction of sp³-hybridized carbons (Fsp3) is 0.462. The smallest absolute Gasteiger partial charge is 0.164 e. The normalized spacial score (nSPS) is 10.7. The van der Waals surface area contributed by atoms with Gasteiger partial charge in [0.1, 0.15) is 12.1 Å². The minimum Gasteiger partial charge on any atom is -0.356 e. The van der Waals surface area contributed by atoms with Gasteiger partial charge in [0.2, 0.25) is 0 Å². The molecule has 0 saturated heterocycles. The molecule has 0 aliphatic rings. The number of anilines is 1. The molecular formula is C13H18N4. The Morgan fingerprint density at radius 1 is 1.06 bits per heavy atom. The molecule has 2 rings (SSSR count). The van der Waals surface area contributed by atoms with Crippen molar-refractivity contribution in [3.05, 3.63) is 24.7 Å². The van der Waals surface area contributed by atoms with Crippen LogP contribution in [0.25, 0.3) is 11.0 Å². The zero-order chi connectivity index (χ0) is 12.1. The van der Waals surface area contributed by atoms with Crippen LogP contribution in [0.2, 0.25) is 0 Å². The molecule has 0 aromatic carbocycles. The minimum atomic E-state index is 0.773. The lowest BCUT2D eigenvalue weighted by Gasteiger charge is -2.23. The quantitative estimate of drug-likeness (QED) is 0.792. The van der Waals surface area contributed by atoms with Gasteiger partial charge in [-0.1, -0.05) is 13.8 Å². The summed E-state index contributed by atoms with van der Waals surface area (Å²) in [5, 5.41) is 1.04. The molecule has 0 spiro atoms. The van der Waals surface area contributed by atoms with Crippen molar-refractivity contribution in [1.82, 2.24) is 15.0 Å². The molecule has 0 unspecified atom stereocenters. The van der Waals surface area contributed by atoms with Crippen molar-refractivity contribution in [1.29, 1.82) is 0 Å².